The highest BCUT2D eigenvalue weighted by molar-refractivity contribution is 5.38. The summed E-state index contributed by atoms with van der Waals surface area (Å²) in [4.78, 5) is 0. The number of halogens is 3. The molecule has 0 fully saturated rings. The topological polar surface area (TPSA) is 35.2 Å². The molecule has 14 heavy (non-hydrogen) atoms. The largest absolute Gasteiger partial charge is 0.472 e. The summed E-state index contributed by atoms with van der Waals surface area (Å²) in [6.07, 6.45) is -0.100. The maximum absolute atomic E-state index is 13.1. The van der Waals surface area contributed by atoms with Crippen LogP contribution in [0, 0.1) is 23.5 Å². The van der Waals surface area contributed by atoms with Crippen LogP contribution in [0.25, 0.3) is 0 Å². The van der Waals surface area contributed by atoms with Crippen LogP contribution in [0.1, 0.15) is 12.0 Å². The van der Waals surface area contributed by atoms with Crippen molar-refractivity contribution in [2.24, 2.45) is 5.73 Å². The second-order valence-corrected chi connectivity index (χ2v) is 3.07. The molecule has 1 aromatic carbocycles. The van der Waals surface area contributed by atoms with E-state index in [1.165, 1.54) is 0 Å². The number of hydrogen-bond donors (Lipinski definition) is 1. The minimum atomic E-state index is -1.38. The third kappa shape index (κ3) is 1.33. The van der Waals surface area contributed by atoms with E-state index in [0.717, 1.165) is 0 Å². The molecular formula is C9H7F3NO. The van der Waals surface area contributed by atoms with Gasteiger partial charge in [-0.3, -0.25) is 5.73 Å². The van der Waals surface area contributed by atoms with E-state index in [1.54, 1.807) is 6.07 Å². The first kappa shape index (κ1) is 9.33. The summed E-state index contributed by atoms with van der Waals surface area (Å²) in [6.45, 7) is 0. The standard InChI is InChI=1S/C9H7F3NO/c10-5-3-6(11)8(12)9-4(5)1-2-7(13)14-9/h7H,1-2,13H2/t7-/m1/s1. The zero-order valence-corrected chi connectivity index (χ0v) is 7.11. The monoisotopic (exact) mass is 202 g/mol. The summed E-state index contributed by atoms with van der Waals surface area (Å²) in [7, 11) is 0. The quantitative estimate of drug-likeness (QED) is 0.647. The van der Waals surface area contributed by atoms with Crippen LogP contribution in [0.3, 0.4) is 0 Å². The van der Waals surface area contributed by atoms with Crippen molar-refractivity contribution in [2.45, 2.75) is 19.1 Å². The van der Waals surface area contributed by atoms with Gasteiger partial charge in [0.1, 0.15) is 12.0 Å². The summed E-state index contributed by atoms with van der Waals surface area (Å²) in [5, 5.41) is 0. The van der Waals surface area contributed by atoms with E-state index < -0.39 is 29.4 Å². The van der Waals surface area contributed by atoms with Gasteiger partial charge in [0.05, 0.1) is 6.07 Å². The van der Waals surface area contributed by atoms with Gasteiger partial charge in [0, 0.05) is 12.0 Å². The van der Waals surface area contributed by atoms with Gasteiger partial charge < -0.3 is 4.74 Å². The molecule has 1 radical (unpaired) electrons. The van der Waals surface area contributed by atoms with Crippen molar-refractivity contribution in [3.8, 4) is 5.75 Å². The molecule has 2 rings (SSSR count). The average molecular weight is 202 g/mol. The summed E-state index contributed by atoms with van der Waals surface area (Å²) in [5.41, 5.74) is 5.38. The highest BCUT2D eigenvalue weighted by Gasteiger charge is 2.26. The van der Waals surface area contributed by atoms with E-state index in [9.17, 15) is 13.2 Å². The fourth-order valence-corrected chi connectivity index (χ4v) is 1.40. The smallest absolute Gasteiger partial charge is 0.201 e. The zero-order chi connectivity index (χ0) is 10.3. The number of ether oxygens (including phenoxy) is 1. The molecule has 0 unspecified atom stereocenters. The second kappa shape index (κ2) is 3.16. The first-order chi connectivity index (χ1) is 6.59. The highest BCUT2D eigenvalue weighted by atomic mass is 19.2. The molecule has 0 saturated carbocycles. The SMILES string of the molecule is N[C@H]1CCc2c(F)[c]c(F)c(F)c2O1. The van der Waals surface area contributed by atoms with E-state index in [1.807, 2.05) is 0 Å². The van der Waals surface area contributed by atoms with Crippen molar-refractivity contribution in [3.63, 3.8) is 0 Å². The lowest BCUT2D eigenvalue weighted by atomic mass is 10.0. The van der Waals surface area contributed by atoms with Gasteiger partial charge in [-0.2, -0.15) is 4.39 Å². The minimum Gasteiger partial charge on any atom is -0.472 e. The van der Waals surface area contributed by atoms with Crippen LogP contribution in [0.4, 0.5) is 13.2 Å². The van der Waals surface area contributed by atoms with Crippen molar-refractivity contribution >= 4 is 0 Å². The molecule has 2 nitrogen and oxygen atoms in total. The molecule has 0 saturated heterocycles. The molecule has 75 valence electrons. The average Bonchev–Trinajstić information content (AvgIpc) is 2.14. The van der Waals surface area contributed by atoms with Crippen LogP contribution in [-0.2, 0) is 6.42 Å². The highest BCUT2D eigenvalue weighted by Crippen LogP contribution is 2.32. The summed E-state index contributed by atoms with van der Waals surface area (Å²) >= 11 is 0. The van der Waals surface area contributed by atoms with Crippen LogP contribution in [-0.4, -0.2) is 6.23 Å². The lowest BCUT2D eigenvalue weighted by molar-refractivity contribution is 0.167. The second-order valence-electron chi connectivity index (χ2n) is 3.07. The third-order valence-corrected chi connectivity index (χ3v) is 2.10. The molecule has 1 aromatic rings. The van der Waals surface area contributed by atoms with Gasteiger partial charge in [-0.1, -0.05) is 0 Å². The van der Waals surface area contributed by atoms with Crippen molar-refractivity contribution in [3.05, 3.63) is 29.1 Å². The molecule has 1 aliphatic heterocycles. The lowest BCUT2D eigenvalue weighted by Crippen LogP contribution is -2.32. The Hall–Kier alpha value is -1.23. The van der Waals surface area contributed by atoms with Gasteiger partial charge in [0.15, 0.2) is 11.6 Å². The summed E-state index contributed by atoms with van der Waals surface area (Å²) in [6, 6.07) is 1.65. The maximum Gasteiger partial charge on any atom is 0.201 e. The van der Waals surface area contributed by atoms with Crippen molar-refractivity contribution < 1.29 is 17.9 Å². The van der Waals surface area contributed by atoms with E-state index in [2.05, 4.69) is 0 Å². The predicted molar refractivity (Wildman–Crippen MR) is 42.1 cm³/mol. The van der Waals surface area contributed by atoms with Gasteiger partial charge in [-0.25, -0.2) is 8.78 Å². The Balaban J connectivity index is 2.57. The predicted octanol–water partition coefficient (Wildman–Crippen LogP) is 1.51. The lowest BCUT2D eigenvalue weighted by Gasteiger charge is -2.23. The molecule has 2 N–H and O–H groups in total. The van der Waals surface area contributed by atoms with Gasteiger partial charge in [0.2, 0.25) is 5.82 Å². The molecule has 1 aliphatic rings. The Morgan fingerprint density at radius 2 is 2.00 bits per heavy atom. The van der Waals surface area contributed by atoms with Gasteiger partial charge >= 0.3 is 0 Å². The molecule has 0 amide bonds. The number of hydrogen-bond acceptors (Lipinski definition) is 2. The molecule has 0 aromatic heterocycles. The van der Waals surface area contributed by atoms with Crippen LogP contribution in [0.2, 0.25) is 0 Å². The van der Waals surface area contributed by atoms with E-state index in [4.69, 9.17) is 10.5 Å². The summed E-state index contributed by atoms with van der Waals surface area (Å²) < 4.78 is 43.7. The van der Waals surface area contributed by atoms with E-state index >= 15 is 0 Å². The molecule has 1 heterocycles. The molecule has 5 heteroatoms. The van der Waals surface area contributed by atoms with Crippen LogP contribution in [0.15, 0.2) is 0 Å². The van der Waals surface area contributed by atoms with Crippen molar-refractivity contribution in [1.29, 1.82) is 0 Å². The normalized spacial score (nSPS) is 20.1. The first-order valence-corrected chi connectivity index (χ1v) is 4.10. The number of benzene rings is 1. The zero-order valence-electron chi connectivity index (χ0n) is 7.11. The van der Waals surface area contributed by atoms with E-state index in [0.29, 0.717) is 6.42 Å². The fourth-order valence-electron chi connectivity index (χ4n) is 1.40. The van der Waals surface area contributed by atoms with Crippen LogP contribution in [0.5, 0.6) is 5.75 Å². The number of nitrogens with two attached hydrogens (primary N) is 1. The Bertz CT molecular complexity index is 381. The van der Waals surface area contributed by atoms with Crippen molar-refractivity contribution in [1.82, 2.24) is 0 Å². The maximum atomic E-state index is 13.1. The van der Waals surface area contributed by atoms with Gasteiger partial charge in [0.25, 0.3) is 0 Å². The Kier molecular flexibility index (Phi) is 2.11. The van der Waals surface area contributed by atoms with Crippen LogP contribution < -0.4 is 10.5 Å². The molecule has 0 spiro atoms. The van der Waals surface area contributed by atoms with Gasteiger partial charge in [-0.15, -0.1) is 0 Å². The van der Waals surface area contributed by atoms with E-state index in [-0.39, 0.29) is 12.0 Å². The molecule has 0 aliphatic carbocycles. The first-order valence-electron chi connectivity index (χ1n) is 4.10. The summed E-state index contributed by atoms with van der Waals surface area (Å²) in [5.74, 6) is -3.93. The Morgan fingerprint density at radius 3 is 2.71 bits per heavy atom. The van der Waals surface area contributed by atoms with Crippen molar-refractivity contribution in [2.75, 3.05) is 0 Å². The number of fused-ring (bicyclic) bond motifs is 1. The van der Waals surface area contributed by atoms with Gasteiger partial charge in [-0.05, 0) is 6.42 Å². The fraction of sp³-hybridized carbons (Fsp3) is 0.333. The Morgan fingerprint density at radius 1 is 1.29 bits per heavy atom. The number of rotatable bonds is 0. The third-order valence-electron chi connectivity index (χ3n) is 2.10. The van der Waals surface area contributed by atoms with Crippen LogP contribution >= 0.6 is 0 Å². The molecule has 1 atom stereocenters. The molecule has 0 bridgehead atoms. The molecular weight excluding hydrogens is 195 g/mol. The minimum absolute atomic E-state index is 0.00519. The Labute approximate surface area is 78.5 Å².